The molecule has 3 heterocycles. The van der Waals surface area contributed by atoms with E-state index >= 15 is 0 Å². The van der Waals surface area contributed by atoms with Gasteiger partial charge in [0.05, 0.1) is 42.9 Å². The van der Waals surface area contributed by atoms with E-state index in [0.717, 1.165) is 93.2 Å². The summed E-state index contributed by atoms with van der Waals surface area (Å²) in [6, 6.07) is 4.58. The highest BCUT2D eigenvalue weighted by atomic mass is 16.5. The number of morpholine rings is 1. The van der Waals surface area contributed by atoms with Crippen LogP contribution in [0.25, 0.3) is 11.0 Å². The maximum atomic E-state index is 6.54. The van der Waals surface area contributed by atoms with Crippen molar-refractivity contribution in [3.05, 3.63) is 36.9 Å². The van der Waals surface area contributed by atoms with Crippen LogP contribution in [0, 0.1) is 0 Å². The molecule has 1 N–H and O–H groups in total. The Morgan fingerprint density at radius 2 is 1.69 bits per heavy atom. The van der Waals surface area contributed by atoms with Gasteiger partial charge in [0.15, 0.2) is 0 Å². The fourth-order valence-electron chi connectivity index (χ4n) is 4.96. The van der Waals surface area contributed by atoms with Gasteiger partial charge >= 0.3 is 0 Å². The SMILES string of the molecule is CCN(CC)c1cnc(N[C@H]2CC[C@@H](Oc3cc(N4CCOCC4)cc4nccnc34)CC2)nc1. The van der Waals surface area contributed by atoms with Gasteiger partial charge in [0.1, 0.15) is 11.3 Å². The maximum Gasteiger partial charge on any atom is 0.222 e. The van der Waals surface area contributed by atoms with Crippen molar-refractivity contribution < 1.29 is 9.47 Å². The minimum absolute atomic E-state index is 0.157. The number of nitrogens with one attached hydrogen (secondary N) is 1. The molecule has 1 saturated carbocycles. The van der Waals surface area contributed by atoms with E-state index in [1.807, 2.05) is 12.4 Å². The van der Waals surface area contributed by atoms with Crippen LogP contribution < -0.4 is 19.9 Å². The number of hydrogen-bond acceptors (Lipinski definition) is 9. The molecule has 186 valence electrons. The van der Waals surface area contributed by atoms with E-state index in [2.05, 4.69) is 61.0 Å². The molecule has 0 atom stereocenters. The fraction of sp³-hybridized carbons (Fsp3) is 0.538. The Bertz CT molecular complexity index is 1090. The Morgan fingerprint density at radius 3 is 2.40 bits per heavy atom. The lowest BCUT2D eigenvalue weighted by atomic mass is 9.93. The first kappa shape index (κ1) is 23.5. The molecule has 2 aliphatic rings. The predicted octanol–water partition coefficient (Wildman–Crippen LogP) is 3.90. The number of ether oxygens (including phenoxy) is 2. The molecule has 5 rings (SSSR count). The van der Waals surface area contributed by atoms with E-state index < -0.39 is 0 Å². The zero-order valence-corrected chi connectivity index (χ0v) is 20.7. The van der Waals surface area contributed by atoms with Crippen LogP contribution in [0.1, 0.15) is 39.5 Å². The minimum atomic E-state index is 0.157. The molecule has 0 amide bonds. The van der Waals surface area contributed by atoms with Crippen molar-refractivity contribution in [3.63, 3.8) is 0 Å². The van der Waals surface area contributed by atoms with Crippen LogP contribution in [-0.2, 0) is 4.74 Å². The average molecular weight is 478 g/mol. The quantitative estimate of drug-likeness (QED) is 0.519. The van der Waals surface area contributed by atoms with Crippen LogP contribution in [0.2, 0.25) is 0 Å². The molecule has 1 saturated heterocycles. The minimum Gasteiger partial charge on any atom is -0.488 e. The number of anilines is 3. The van der Waals surface area contributed by atoms with Gasteiger partial charge in [-0.1, -0.05) is 0 Å². The number of benzene rings is 1. The second-order valence-electron chi connectivity index (χ2n) is 9.14. The third-order valence-corrected chi connectivity index (χ3v) is 6.97. The van der Waals surface area contributed by atoms with Crippen molar-refractivity contribution in [2.45, 2.75) is 51.7 Å². The summed E-state index contributed by atoms with van der Waals surface area (Å²) in [6.07, 6.45) is 11.4. The first-order chi connectivity index (χ1) is 17.2. The average Bonchev–Trinajstić information content (AvgIpc) is 2.92. The Labute approximate surface area is 206 Å². The molecule has 0 spiro atoms. The Hall–Kier alpha value is -3.20. The van der Waals surface area contributed by atoms with Crippen LogP contribution in [0.3, 0.4) is 0 Å². The fourth-order valence-corrected chi connectivity index (χ4v) is 4.96. The predicted molar refractivity (Wildman–Crippen MR) is 138 cm³/mol. The van der Waals surface area contributed by atoms with Crippen LogP contribution in [0.15, 0.2) is 36.9 Å². The molecule has 1 aromatic carbocycles. The van der Waals surface area contributed by atoms with Crippen LogP contribution >= 0.6 is 0 Å². The lowest BCUT2D eigenvalue weighted by Crippen LogP contribution is -2.36. The second-order valence-corrected chi connectivity index (χ2v) is 9.14. The molecule has 2 fully saturated rings. The zero-order valence-electron chi connectivity index (χ0n) is 20.7. The monoisotopic (exact) mass is 477 g/mol. The summed E-state index contributed by atoms with van der Waals surface area (Å²) >= 11 is 0. The second kappa shape index (κ2) is 11.0. The smallest absolute Gasteiger partial charge is 0.222 e. The number of aromatic nitrogens is 4. The molecule has 1 aliphatic heterocycles. The lowest BCUT2D eigenvalue weighted by molar-refractivity contribution is 0.122. The van der Waals surface area contributed by atoms with Gasteiger partial charge in [0, 0.05) is 56.4 Å². The molecule has 0 unspecified atom stereocenters. The van der Waals surface area contributed by atoms with Gasteiger partial charge in [-0.3, -0.25) is 4.98 Å². The molecule has 0 bridgehead atoms. The first-order valence-electron chi connectivity index (χ1n) is 12.8. The third-order valence-electron chi connectivity index (χ3n) is 6.97. The van der Waals surface area contributed by atoms with E-state index in [1.54, 1.807) is 12.4 Å². The molecule has 9 nitrogen and oxygen atoms in total. The molecule has 3 aromatic rings. The van der Waals surface area contributed by atoms with Crippen molar-refractivity contribution in [3.8, 4) is 5.75 Å². The highest BCUT2D eigenvalue weighted by Crippen LogP contribution is 2.33. The summed E-state index contributed by atoms with van der Waals surface area (Å²) in [7, 11) is 0. The van der Waals surface area contributed by atoms with E-state index in [1.165, 1.54) is 0 Å². The third kappa shape index (κ3) is 5.56. The standard InChI is InChI=1S/C26H35N7O2/c1-3-32(4-2)21-17-29-26(30-18-21)31-19-5-7-22(8-6-19)35-24-16-20(33-11-13-34-14-12-33)15-23-25(24)28-10-9-27-23/h9-10,15-19,22H,3-8,11-14H2,1-2H3,(H,29,30,31)/t19-,22+. The van der Waals surface area contributed by atoms with Gasteiger partial charge in [-0.2, -0.15) is 0 Å². The van der Waals surface area contributed by atoms with E-state index in [0.29, 0.717) is 12.0 Å². The van der Waals surface area contributed by atoms with Crippen molar-refractivity contribution in [2.24, 2.45) is 0 Å². The molecular formula is C26H35N7O2. The van der Waals surface area contributed by atoms with Crippen LogP contribution in [0.5, 0.6) is 5.75 Å². The summed E-state index contributed by atoms with van der Waals surface area (Å²) in [4.78, 5) is 22.8. The molecule has 2 aromatic heterocycles. The summed E-state index contributed by atoms with van der Waals surface area (Å²) in [5, 5.41) is 3.51. The summed E-state index contributed by atoms with van der Waals surface area (Å²) in [5.74, 6) is 1.52. The Balaban J connectivity index is 1.21. The van der Waals surface area contributed by atoms with E-state index in [4.69, 9.17) is 9.47 Å². The zero-order chi connectivity index (χ0) is 24.0. The van der Waals surface area contributed by atoms with E-state index in [9.17, 15) is 0 Å². The Morgan fingerprint density at radius 1 is 0.971 bits per heavy atom. The van der Waals surface area contributed by atoms with Gasteiger partial charge in [-0.05, 0) is 45.6 Å². The van der Waals surface area contributed by atoms with Crippen molar-refractivity contribution in [1.29, 1.82) is 0 Å². The van der Waals surface area contributed by atoms with Crippen molar-refractivity contribution >= 4 is 28.4 Å². The van der Waals surface area contributed by atoms with Crippen molar-refractivity contribution in [2.75, 3.05) is 54.5 Å². The van der Waals surface area contributed by atoms with Gasteiger partial charge in [-0.15, -0.1) is 0 Å². The summed E-state index contributed by atoms with van der Waals surface area (Å²) in [6.45, 7) is 9.43. The summed E-state index contributed by atoms with van der Waals surface area (Å²) < 4.78 is 12.1. The Kier molecular flexibility index (Phi) is 7.42. The molecular weight excluding hydrogens is 442 g/mol. The van der Waals surface area contributed by atoms with Gasteiger partial charge in [0.2, 0.25) is 5.95 Å². The maximum absolute atomic E-state index is 6.54. The molecule has 35 heavy (non-hydrogen) atoms. The molecule has 1 aliphatic carbocycles. The highest BCUT2D eigenvalue weighted by Gasteiger charge is 2.24. The number of nitrogens with zero attached hydrogens (tertiary/aromatic N) is 6. The topological polar surface area (TPSA) is 88.5 Å². The number of rotatable bonds is 8. The highest BCUT2D eigenvalue weighted by molar-refractivity contribution is 5.85. The normalized spacial score (nSPS) is 20.6. The van der Waals surface area contributed by atoms with Crippen LogP contribution in [0.4, 0.5) is 17.3 Å². The molecule has 9 heteroatoms. The van der Waals surface area contributed by atoms with Crippen LogP contribution in [-0.4, -0.2) is 71.5 Å². The number of hydrogen-bond donors (Lipinski definition) is 1. The first-order valence-corrected chi connectivity index (χ1v) is 12.8. The van der Waals surface area contributed by atoms with Gasteiger partial charge in [-0.25, -0.2) is 15.0 Å². The van der Waals surface area contributed by atoms with Gasteiger partial charge < -0.3 is 24.6 Å². The van der Waals surface area contributed by atoms with Crippen molar-refractivity contribution in [1.82, 2.24) is 19.9 Å². The largest absolute Gasteiger partial charge is 0.488 e. The lowest BCUT2D eigenvalue weighted by Gasteiger charge is -2.31. The molecule has 0 radical (unpaired) electrons. The number of fused-ring (bicyclic) bond motifs is 1. The van der Waals surface area contributed by atoms with E-state index in [-0.39, 0.29) is 6.10 Å². The van der Waals surface area contributed by atoms with Gasteiger partial charge in [0.25, 0.3) is 0 Å². The summed E-state index contributed by atoms with van der Waals surface area (Å²) in [5.41, 5.74) is 3.88.